The zero-order chi connectivity index (χ0) is 15.0. The number of thiazole rings is 1. The standard InChI is InChI=1S/C14H8F3NOS2/c15-14(16,17)8-5-6-12(10(19)7-8)21-13-18-9-3-1-2-4-11(9)20-13/h1-7,19H. The van der Waals surface area contributed by atoms with Gasteiger partial charge in [-0.2, -0.15) is 13.2 Å². The summed E-state index contributed by atoms with van der Waals surface area (Å²) in [5.41, 5.74) is -0.0370. The van der Waals surface area contributed by atoms with Gasteiger partial charge in [0.25, 0.3) is 0 Å². The van der Waals surface area contributed by atoms with E-state index < -0.39 is 17.5 Å². The molecule has 0 aliphatic carbocycles. The highest BCUT2D eigenvalue weighted by atomic mass is 32.2. The van der Waals surface area contributed by atoms with Crippen LogP contribution < -0.4 is 0 Å². The first-order valence-electron chi connectivity index (χ1n) is 5.87. The number of alkyl halides is 3. The van der Waals surface area contributed by atoms with Crippen molar-refractivity contribution in [1.82, 2.24) is 4.98 Å². The van der Waals surface area contributed by atoms with Crippen molar-refractivity contribution < 1.29 is 18.3 Å². The molecule has 21 heavy (non-hydrogen) atoms. The normalized spacial score (nSPS) is 12.0. The molecule has 0 radical (unpaired) electrons. The SMILES string of the molecule is Oc1cc(C(F)(F)F)ccc1Sc1nc2ccccc2s1. The van der Waals surface area contributed by atoms with Gasteiger partial charge in [-0.05, 0) is 30.3 Å². The van der Waals surface area contributed by atoms with Crippen LogP contribution in [0.25, 0.3) is 10.2 Å². The molecule has 0 bridgehead atoms. The third-order valence-electron chi connectivity index (χ3n) is 2.76. The summed E-state index contributed by atoms with van der Waals surface area (Å²) in [7, 11) is 0. The predicted molar refractivity (Wildman–Crippen MR) is 76.9 cm³/mol. The summed E-state index contributed by atoms with van der Waals surface area (Å²) in [6, 6.07) is 10.5. The van der Waals surface area contributed by atoms with Crippen molar-refractivity contribution in [1.29, 1.82) is 0 Å². The zero-order valence-electron chi connectivity index (χ0n) is 10.4. The molecule has 3 aromatic rings. The van der Waals surface area contributed by atoms with Gasteiger partial charge in [-0.15, -0.1) is 11.3 Å². The second-order valence-electron chi connectivity index (χ2n) is 4.23. The molecule has 0 spiro atoms. The Bertz CT molecular complexity index is 765. The van der Waals surface area contributed by atoms with Crippen LogP contribution in [0.5, 0.6) is 5.75 Å². The zero-order valence-corrected chi connectivity index (χ0v) is 12.0. The molecule has 7 heteroatoms. The van der Waals surface area contributed by atoms with Crippen molar-refractivity contribution in [2.75, 3.05) is 0 Å². The number of fused-ring (bicyclic) bond motifs is 1. The lowest BCUT2D eigenvalue weighted by Crippen LogP contribution is -2.04. The first-order valence-corrected chi connectivity index (χ1v) is 7.50. The molecular formula is C14H8F3NOS2. The topological polar surface area (TPSA) is 33.1 Å². The van der Waals surface area contributed by atoms with Crippen LogP contribution in [0.15, 0.2) is 51.7 Å². The van der Waals surface area contributed by atoms with Gasteiger partial charge in [-0.3, -0.25) is 0 Å². The Hall–Kier alpha value is -1.73. The summed E-state index contributed by atoms with van der Waals surface area (Å²) in [4.78, 5) is 4.72. The van der Waals surface area contributed by atoms with E-state index in [4.69, 9.17) is 0 Å². The largest absolute Gasteiger partial charge is 0.507 e. The summed E-state index contributed by atoms with van der Waals surface area (Å²) in [6.45, 7) is 0. The number of aromatic nitrogens is 1. The van der Waals surface area contributed by atoms with Crippen LogP contribution in [0.4, 0.5) is 13.2 Å². The predicted octanol–water partition coefficient (Wildman–Crippen LogP) is 5.17. The molecule has 0 saturated carbocycles. The van der Waals surface area contributed by atoms with Gasteiger partial charge < -0.3 is 5.11 Å². The van der Waals surface area contributed by atoms with Crippen molar-refractivity contribution in [3.05, 3.63) is 48.0 Å². The van der Waals surface area contributed by atoms with Crippen molar-refractivity contribution in [2.45, 2.75) is 15.4 Å². The van der Waals surface area contributed by atoms with Gasteiger partial charge in [0.05, 0.1) is 20.7 Å². The first kappa shape index (κ1) is 14.2. The highest BCUT2D eigenvalue weighted by Gasteiger charge is 2.31. The summed E-state index contributed by atoms with van der Waals surface area (Å²) >= 11 is 2.58. The van der Waals surface area contributed by atoms with Crippen molar-refractivity contribution >= 4 is 33.3 Å². The van der Waals surface area contributed by atoms with E-state index in [2.05, 4.69) is 4.98 Å². The van der Waals surface area contributed by atoms with E-state index in [1.54, 1.807) is 0 Å². The maximum Gasteiger partial charge on any atom is 0.416 e. The molecule has 0 atom stereocenters. The van der Waals surface area contributed by atoms with Gasteiger partial charge in [-0.1, -0.05) is 23.9 Å². The quantitative estimate of drug-likeness (QED) is 0.705. The minimum atomic E-state index is -4.46. The average molecular weight is 327 g/mol. The molecule has 3 rings (SSSR count). The van der Waals surface area contributed by atoms with Crippen LogP contribution in [0.1, 0.15) is 5.56 Å². The maximum absolute atomic E-state index is 12.5. The number of aromatic hydroxyl groups is 1. The van der Waals surface area contributed by atoms with E-state index in [1.807, 2.05) is 24.3 Å². The van der Waals surface area contributed by atoms with E-state index >= 15 is 0 Å². The fourth-order valence-corrected chi connectivity index (χ4v) is 3.80. The Balaban J connectivity index is 1.91. The van der Waals surface area contributed by atoms with Crippen molar-refractivity contribution in [2.24, 2.45) is 0 Å². The monoisotopic (exact) mass is 327 g/mol. The van der Waals surface area contributed by atoms with Crippen LogP contribution in [0.2, 0.25) is 0 Å². The maximum atomic E-state index is 12.5. The molecule has 0 unspecified atom stereocenters. The third-order valence-corrected chi connectivity index (χ3v) is 4.92. The molecular weight excluding hydrogens is 319 g/mol. The van der Waals surface area contributed by atoms with Gasteiger partial charge in [0, 0.05) is 0 Å². The summed E-state index contributed by atoms with van der Waals surface area (Å²) in [5.74, 6) is -0.394. The van der Waals surface area contributed by atoms with Crippen LogP contribution in [0.3, 0.4) is 0 Å². The summed E-state index contributed by atoms with van der Waals surface area (Å²) in [6.07, 6.45) is -4.46. The Morgan fingerprint density at radius 1 is 1.10 bits per heavy atom. The highest BCUT2D eigenvalue weighted by Crippen LogP contribution is 2.40. The van der Waals surface area contributed by atoms with Crippen molar-refractivity contribution in [3.63, 3.8) is 0 Å². The fourth-order valence-electron chi connectivity index (χ4n) is 1.77. The van der Waals surface area contributed by atoms with Gasteiger partial charge in [0.15, 0.2) is 4.34 Å². The molecule has 1 aromatic heterocycles. The number of phenols is 1. The van der Waals surface area contributed by atoms with E-state index in [1.165, 1.54) is 17.4 Å². The number of hydrogen-bond acceptors (Lipinski definition) is 4. The lowest BCUT2D eigenvalue weighted by Gasteiger charge is -2.08. The number of benzene rings is 2. The minimum absolute atomic E-state index is 0.349. The number of hydrogen-bond donors (Lipinski definition) is 1. The molecule has 0 aliphatic rings. The van der Waals surface area contributed by atoms with Crippen LogP contribution in [-0.2, 0) is 6.18 Å². The van der Waals surface area contributed by atoms with Gasteiger partial charge >= 0.3 is 6.18 Å². The Kier molecular flexibility index (Phi) is 3.54. The van der Waals surface area contributed by atoms with E-state index in [0.29, 0.717) is 9.24 Å². The summed E-state index contributed by atoms with van der Waals surface area (Å²) < 4.78 is 39.3. The minimum Gasteiger partial charge on any atom is -0.507 e. The number of phenolic OH excluding ortho intramolecular Hbond substituents is 1. The molecule has 2 nitrogen and oxygen atoms in total. The number of rotatable bonds is 2. The van der Waals surface area contributed by atoms with Crippen LogP contribution in [-0.4, -0.2) is 10.1 Å². The third kappa shape index (κ3) is 2.98. The number of para-hydroxylation sites is 1. The van der Waals surface area contributed by atoms with Gasteiger partial charge in [0.2, 0.25) is 0 Å². The smallest absolute Gasteiger partial charge is 0.416 e. The Morgan fingerprint density at radius 3 is 2.52 bits per heavy atom. The van der Waals surface area contributed by atoms with Crippen molar-refractivity contribution in [3.8, 4) is 5.75 Å². The Labute approximate surface area is 126 Å². The lowest BCUT2D eigenvalue weighted by atomic mass is 10.2. The molecule has 108 valence electrons. The summed E-state index contributed by atoms with van der Waals surface area (Å²) in [5, 5.41) is 9.75. The number of halogens is 3. The molecule has 1 N–H and O–H groups in total. The van der Waals surface area contributed by atoms with Crippen LogP contribution >= 0.6 is 23.1 Å². The molecule has 0 fully saturated rings. The molecule has 1 heterocycles. The van der Waals surface area contributed by atoms with E-state index in [-0.39, 0.29) is 0 Å². The molecule has 2 aromatic carbocycles. The van der Waals surface area contributed by atoms with Crippen LogP contribution in [0, 0.1) is 0 Å². The highest BCUT2D eigenvalue weighted by molar-refractivity contribution is 8.01. The first-order chi connectivity index (χ1) is 9.93. The molecule has 0 amide bonds. The number of nitrogens with zero attached hydrogens (tertiary/aromatic N) is 1. The Morgan fingerprint density at radius 2 is 1.86 bits per heavy atom. The van der Waals surface area contributed by atoms with E-state index in [0.717, 1.165) is 34.1 Å². The second-order valence-corrected chi connectivity index (χ2v) is 6.55. The fraction of sp³-hybridized carbons (Fsp3) is 0.0714. The van der Waals surface area contributed by atoms with Gasteiger partial charge in [-0.25, -0.2) is 4.98 Å². The molecule has 0 aliphatic heterocycles. The van der Waals surface area contributed by atoms with E-state index in [9.17, 15) is 18.3 Å². The molecule has 0 saturated heterocycles. The van der Waals surface area contributed by atoms with Gasteiger partial charge in [0.1, 0.15) is 5.75 Å². The average Bonchev–Trinajstić information content (AvgIpc) is 2.82. The second kappa shape index (κ2) is 5.23. The lowest BCUT2D eigenvalue weighted by molar-refractivity contribution is -0.137.